The zero-order valence-corrected chi connectivity index (χ0v) is 23.9. The van der Waals surface area contributed by atoms with E-state index in [0.717, 1.165) is 27.7 Å². The molecule has 2 N–H and O–H groups in total. The first-order valence-electron chi connectivity index (χ1n) is 14.3. The van der Waals surface area contributed by atoms with Gasteiger partial charge in [0.1, 0.15) is 17.8 Å². The van der Waals surface area contributed by atoms with E-state index in [4.69, 9.17) is 9.47 Å². The number of hydrogen-bond acceptors (Lipinski definition) is 5. The van der Waals surface area contributed by atoms with Crippen LogP contribution in [0.25, 0.3) is 10.9 Å². The molecule has 9 nitrogen and oxygen atoms in total. The Hall–Kier alpha value is -4.63. The number of imide groups is 1. The maximum Gasteiger partial charge on any atom is 0.332 e. The third-order valence-electron chi connectivity index (χ3n) is 7.93. The molecule has 2 aliphatic heterocycles. The van der Waals surface area contributed by atoms with E-state index < -0.39 is 18.1 Å². The van der Waals surface area contributed by atoms with E-state index >= 15 is 0 Å². The van der Waals surface area contributed by atoms with Crippen molar-refractivity contribution in [3.8, 4) is 5.75 Å². The number of benzene rings is 3. The van der Waals surface area contributed by atoms with Crippen LogP contribution in [0.1, 0.15) is 53.5 Å². The molecule has 1 fully saturated rings. The summed E-state index contributed by atoms with van der Waals surface area (Å²) in [5.74, 6) is 0.214. The summed E-state index contributed by atoms with van der Waals surface area (Å²) in [5, 5.41) is 3.94. The van der Waals surface area contributed by atoms with E-state index in [1.54, 1.807) is 36.3 Å². The highest BCUT2D eigenvalue weighted by Gasteiger charge is 2.53. The van der Waals surface area contributed by atoms with E-state index in [0.29, 0.717) is 43.0 Å². The highest BCUT2D eigenvalue weighted by atomic mass is 16.5. The second-order valence-electron chi connectivity index (χ2n) is 10.9. The minimum atomic E-state index is -0.660. The van der Waals surface area contributed by atoms with Gasteiger partial charge < -0.3 is 19.8 Å². The summed E-state index contributed by atoms with van der Waals surface area (Å²) in [6, 6.07) is 20.7. The Balaban J connectivity index is 1.28. The lowest BCUT2D eigenvalue weighted by Gasteiger charge is -2.36. The topological polar surface area (TPSA) is 104 Å². The van der Waals surface area contributed by atoms with Gasteiger partial charge in [0.2, 0.25) is 0 Å². The molecule has 9 heteroatoms. The van der Waals surface area contributed by atoms with Crippen molar-refractivity contribution in [2.24, 2.45) is 0 Å². The fourth-order valence-corrected chi connectivity index (χ4v) is 5.90. The molecular weight excluding hydrogens is 532 g/mol. The SMILES string of the molecule is COc1ccc([C@@H]2c3[nH]c4ccccc4c3C[C@H]3C(=O)N(c4ccc(C(=O)NCCCOC(C)C)cc4)C(=O)N23)cc1. The van der Waals surface area contributed by atoms with Gasteiger partial charge in [-0.3, -0.25) is 14.5 Å². The maximum absolute atomic E-state index is 14.1. The number of rotatable bonds is 9. The summed E-state index contributed by atoms with van der Waals surface area (Å²) in [4.78, 5) is 47.1. The minimum absolute atomic E-state index is 0.153. The molecule has 6 rings (SSSR count). The molecule has 0 unspecified atom stereocenters. The molecular formula is C33H34N4O5. The summed E-state index contributed by atoms with van der Waals surface area (Å²) in [6.07, 6.45) is 1.27. The van der Waals surface area contributed by atoms with Crippen LogP contribution in [0.15, 0.2) is 72.8 Å². The zero-order valence-electron chi connectivity index (χ0n) is 23.9. The second-order valence-corrected chi connectivity index (χ2v) is 10.9. The standard InChI is InChI=1S/C33H34N4O5/c1-20(2)42-18-6-17-34-31(38)22-9-13-23(14-10-22)36-32(39)28-19-26-25-7-4-5-8-27(25)35-29(26)30(37(28)33(36)40)21-11-15-24(41-3)16-12-21/h4-5,7-16,20,28,30,35H,6,17-19H2,1-3H3,(H,34,38)/t28-,30+/m0/s1. The van der Waals surface area contributed by atoms with Crippen LogP contribution in [-0.2, 0) is 16.0 Å². The average molecular weight is 567 g/mol. The first kappa shape index (κ1) is 27.5. The fraction of sp³-hybridized carbons (Fsp3) is 0.303. The van der Waals surface area contributed by atoms with E-state index in [2.05, 4.69) is 10.3 Å². The number of anilines is 1. The number of nitrogens with one attached hydrogen (secondary N) is 2. The normalized spacial score (nSPS) is 18.0. The number of aromatic nitrogens is 1. The Morgan fingerprint density at radius 3 is 2.48 bits per heavy atom. The van der Waals surface area contributed by atoms with Gasteiger partial charge >= 0.3 is 6.03 Å². The number of carbonyl (C=O) groups excluding carboxylic acids is 3. The molecule has 0 spiro atoms. The molecule has 2 atom stereocenters. The minimum Gasteiger partial charge on any atom is -0.497 e. The third-order valence-corrected chi connectivity index (χ3v) is 7.93. The van der Waals surface area contributed by atoms with E-state index in [-0.39, 0.29) is 17.9 Å². The Kier molecular flexibility index (Phi) is 7.43. The van der Waals surface area contributed by atoms with Crippen LogP contribution >= 0.6 is 0 Å². The van der Waals surface area contributed by atoms with E-state index in [9.17, 15) is 14.4 Å². The molecule has 0 saturated carbocycles. The Bertz CT molecular complexity index is 1630. The molecule has 216 valence electrons. The zero-order chi connectivity index (χ0) is 29.4. The molecule has 3 aromatic carbocycles. The largest absolute Gasteiger partial charge is 0.497 e. The van der Waals surface area contributed by atoms with Crippen LogP contribution in [0.5, 0.6) is 5.75 Å². The Morgan fingerprint density at radius 1 is 1.02 bits per heavy atom. The van der Waals surface area contributed by atoms with Crippen LogP contribution in [0.2, 0.25) is 0 Å². The van der Waals surface area contributed by atoms with Gasteiger partial charge in [0.15, 0.2) is 0 Å². The van der Waals surface area contributed by atoms with Gasteiger partial charge in [-0.25, -0.2) is 9.69 Å². The number of nitrogens with zero attached hydrogens (tertiary/aromatic N) is 2. The number of fused-ring (bicyclic) bond motifs is 4. The van der Waals surface area contributed by atoms with Crippen molar-refractivity contribution in [3.63, 3.8) is 0 Å². The number of para-hydroxylation sites is 1. The lowest BCUT2D eigenvalue weighted by atomic mass is 9.89. The number of ether oxygens (including phenoxy) is 2. The highest BCUT2D eigenvalue weighted by molar-refractivity contribution is 6.22. The first-order chi connectivity index (χ1) is 20.4. The molecule has 0 aliphatic carbocycles. The second kappa shape index (κ2) is 11.3. The number of urea groups is 1. The quantitative estimate of drug-likeness (QED) is 0.214. The smallest absolute Gasteiger partial charge is 0.332 e. The molecule has 1 saturated heterocycles. The van der Waals surface area contributed by atoms with Gasteiger partial charge in [0, 0.05) is 41.7 Å². The van der Waals surface area contributed by atoms with E-state index in [1.165, 1.54) is 4.90 Å². The summed E-state index contributed by atoms with van der Waals surface area (Å²) >= 11 is 0. The number of carbonyl (C=O) groups is 3. The summed E-state index contributed by atoms with van der Waals surface area (Å²) in [7, 11) is 1.61. The van der Waals surface area contributed by atoms with Crippen LogP contribution in [-0.4, -0.2) is 60.1 Å². The van der Waals surface area contributed by atoms with Crippen molar-refractivity contribution in [1.82, 2.24) is 15.2 Å². The average Bonchev–Trinajstić information content (AvgIpc) is 3.50. The monoisotopic (exact) mass is 566 g/mol. The van der Waals surface area contributed by atoms with Crippen molar-refractivity contribution in [2.45, 2.75) is 44.9 Å². The van der Waals surface area contributed by atoms with Gasteiger partial charge in [-0.2, -0.15) is 0 Å². The first-order valence-corrected chi connectivity index (χ1v) is 14.3. The molecule has 1 aromatic heterocycles. The summed E-state index contributed by atoms with van der Waals surface area (Å²) in [6.45, 7) is 5.01. The van der Waals surface area contributed by atoms with Crippen molar-refractivity contribution in [1.29, 1.82) is 0 Å². The third kappa shape index (κ3) is 4.90. The Labute approximate surface area is 244 Å². The van der Waals surface area contributed by atoms with Gasteiger partial charge in [0.05, 0.1) is 18.9 Å². The molecule has 3 heterocycles. The van der Waals surface area contributed by atoms with Crippen LogP contribution in [0.3, 0.4) is 0 Å². The number of aromatic amines is 1. The van der Waals surface area contributed by atoms with Crippen LogP contribution in [0.4, 0.5) is 10.5 Å². The predicted molar refractivity (Wildman–Crippen MR) is 160 cm³/mol. The van der Waals surface area contributed by atoms with Crippen molar-refractivity contribution in [2.75, 3.05) is 25.2 Å². The molecule has 0 bridgehead atoms. The number of amides is 4. The highest BCUT2D eigenvalue weighted by Crippen LogP contribution is 2.45. The molecule has 4 amide bonds. The maximum atomic E-state index is 14.1. The summed E-state index contributed by atoms with van der Waals surface area (Å²) in [5.41, 5.74) is 4.69. The van der Waals surface area contributed by atoms with Gasteiger partial charge in [-0.15, -0.1) is 0 Å². The van der Waals surface area contributed by atoms with E-state index in [1.807, 2.05) is 62.4 Å². The number of methoxy groups -OCH3 is 1. The predicted octanol–water partition coefficient (Wildman–Crippen LogP) is 5.20. The van der Waals surface area contributed by atoms with Crippen molar-refractivity contribution in [3.05, 3.63) is 95.2 Å². The van der Waals surface area contributed by atoms with Crippen molar-refractivity contribution < 1.29 is 23.9 Å². The number of hydrogen-bond donors (Lipinski definition) is 2. The van der Waals surface area contributed by atoms with Gasteiger partial charge in [-0.1, -0.05) is 30.3 Å². The molecule has 2 aliphatic rings. The summed E-state index contributed by atoms with van der Waals surface area (Å²) < 4.78 is 10.9. The van der Waals surface area contributed by atoms with Crippen LogP contribution in [0, 0.1) is 0 Å². The molecule has 42 heavy (non-hydrogen) atoms. The lowest BCUT2D eigenvalue weighted by Crippen LogP contribution is -2.44. The molecule has 0 radical (unpaired) electrons. The Morgan fingerprint density at radius 2 is 1.76 bits per heavy atom. The molecule has 4 aromatic rings. The van der Waals surface area contributed by atoms with Gasteiger partial charge in [-0.05, 0) is 73.9 Å². The fourth-order valence-electron chi connectivity index (χ4n) is 5.90. The van der Waals surface area contributed by atoms with Gasteiger partial charge in [0.25, 0.3) is 11.8 Å². The lowest BCUT2D eigenvalue weighted by molar-refractivity contribution is -0.120. The van der Waals surface area contributed by atoms with Crippen LogP contribution < -0.4 is 15.0 Å². The van der Waals surface area contributed by atoms with Crippen molar-refractivity contribution >= 4 is 34.4 Å². The number of H-pyrrole nitrogens is 1.